The van der Waals surface area contributed by atoms with Gasteiger partial charge < -0.3 is 34.8 Å². The topological polar surface area (TPSA) is 160 Å². The molecule has 11 heteroatoms. The quantitative estimate of drug-likeness (QED) is 0.126. The predicted molar refractivity (Wildman–Crippen MR) is 177 cm³/mol. The smallest absolute Gasteiger partial charge is 0.453 e. The highest BCUT2D eigenvalue weighted by molar-refractivity contribution is 6.02. The molecule has 0 aliphatic carbocycles. The molecule has 5 aromatic rings. The third-order valence-electron chi connectivity index (χ3n) is 7.89. The average Bonchev–Trinajstić information content (AvgIpc) is 3.52. The highest BCUT2D eigenvalue weighted by Gasteiger charge is 2.58. The fraction of sp³-hybridized carbons (Fsp3) is 0.189. The van der Waals surface area contributed by atoms with Crippen molar-refractivity contribution in [1.82, 2.24) is 15.3 Å². The molecule has 0 fully saturated rings. The molecule has 0 bridgehead atoms. The molecule has 48 heavy (non-hydrogen) atoms. The van der Waals surface area contributed by atoms with Crippen LogP contribution in [0.5, 0.6) is 17.2 Å². The fourth-order valence-corrected chi connectivity index (χ4v) is 5.59. The molecule has 0 saturated heterocycles. The number of nitrogens with zero attached hydrogens (tertiary/aromatic N) is 2. The van der Waals surface area contributed by atoms with Gasteiger partial charge in [0.2, 0.25) is 0 Å². The Labute approximate surface area is 276 Å². The second-order valence-corrected chi connectivity index (χ2v) is 11.3. The van der Waals surface area contributed by atoms with E-state index in [1.54, 1.807) is 24.5 Å². The molecular formula is C37H33N3O8. The Morgan fingerprint density at radius 2 is 1.40 bits per heavy atom. The van der Waals surface area contributed by atoms with Crippen LogP contribution in [0, 0.1) is 0 Å². The van der Waals surface area contributed by atoms with Gasteiger partial charge in [-0.1, -0.05) is 54.6 Å². The lowest BCUT2D eigenvalue weighted by Gasteiger charge is -2.21. The number of aliphatic carboxylic acids is 2. The molecular weight excluding hydrogens is 614 g/mol. The number of fused-ring (bicyclic) bond motifs is 1. The Balaban J connectivity index is 1.23. The first-order chi connectivity index (χ1) is 23.3. The number of hydrogen-bond acceptors (Lipinski definition) is 9. The lowest BCUT2D eigenvalue weighted by atomic mass is 9.90. The molecule has 0 amide bonds. The Morgan fingerprint density at radius 1 is 0.792 bits per heavy atom. The molecule has 2 unspecified atom stereocenters. The standard InChI is InChI=1S/C37H33N3O8/c1-23(40-21-25(41)22-46-31-15-5-4-12-28(31)30-14-7-9-19-39-30)20-24-16-17-32-34(48-37(47-32,35(42)43)36(44)45)33(24)27-11-3-2-10-26(27)29-13-6-8-18-38-29/h2-19,23,25,40-41H,20-22H2,1H3,(H,42,43)(H,44,45). The van der Waals surface area contributed by atoms with Crippen molar-refractivity contribution in [3.05, 3.63) is 115 Å². The molecule has 244 valence electrons. The third kappa shape index (κ3) is 6.55. The van der Waals surface area contributed by atoms with Crippen molar-refractivity contribution in [3.8, 4) is 50.9 Å². The molecule has 0 radical (unpaired) electrons. The van der Waals surface area contributed by atoms with Crippen molar-refractivity contribution >= 4 is 11.9 Å². The average molecular weight is 648 g/mol. The van der Waals surface area contributed by atoms with E-state index in [0.29, 0.717) is 29.0 Å². The van der Waals surface area contributed by atoms with E-state index < -0.39 is 23.8 Å². The van der Waals surface area contributed by atoms with Crippen molar-refractivity contribution in [2.75, 3.05) is 13.2 Å². The Bertz CT molecular complexity index is 1910. The van der Waals surface area contributed by atoms with Crippen molar-refractivity contribution in [3.63, 3.8) is 0 Å². The van der Waals surface area contributed by atoms with Gasteiger partial charge in [-0.25, -0.2) is 9.59 Å². The first kappa shape index (κ1) is 32.2. The number of pyridine rings is 2. The lowest BCUT2D eigenvalue weighted by Crippen LogP contribution is -2.54. The Hall–Kier alpha value is -5.78. The first-order valence-electron chi connectivity index (χ1n) is 15.3. The van der Waals surface area contributed by atoms with Crippen LogP contribution in [0.25, 0.3) is 33.6 Å². The van der Waals surface area contributed by atoms with Crippen LogP contribution in [0.15, 0.2) is 109 Å². The fourth-order valence-electron chi connectivity index (χ4n) is 5.59. The van der Waals surface area contributed by atoms with Crippen LogP contribution >= 0.6 is 0 Å². The molecule has 11 nitrogen and oxygen atoms in total. The van der Waals surface area contributed by atoms with Gasteiger partial charge in [0.1, 0.15) is 18.5 Å². The minimum Gasteiger partial charge on any atom is -0.490 e. The van der Waals surface area contributed by atoms with Gasteiger partial charge in [-0.05, 0) is 66.9 Å². The highest BCUT2D eigenvalue weighted by atomic mass is 16.8. The molecule has 3 heterocycles. The number of para-hydroxylation sites is 1. The van der Waals surface area contributed by atoms with E-state index in [0.717, 1.165) is 22.4 Å². The number of carboxylic acid groups (broad SMARTS) is 2. The molecule has 0 spiro atoms. The summed E-state index contributed by atoms with van der Waals surface area (Å²) in [5.74, 6) is -5.89. The van der Waals surface area contributed by atoms with E-state index >= 15 is 0 Å². The van der Waals surface area contributed by atoms with Gasteiger partial charge >= 0.3 is 17.7 Å². The van der Waals surface area contributed by atoms with Gasteiger partial charge in [0.25, 0.3) is 0 Å². The summed E-state index contributed by atoms with van der Waals surface area (Å²) >= 11 is 0. The predicted octanol–water partition coefficient (Wildman–Crippen LogP) is 5.07. The summed E-state index contributed by atoms with van der Waals surface area (Å²) < 4.78 is 17.1. The summed E-state index contributed by atoms with van der Waals surface area (Å²) in [6.07, 6.45) is 2.95. The number of carbonyl (C=O) groups is 2. The summed E-state index contributed by atoms with van der Waals surface area (Å²) in [6.45, 7) is 2.21. The van der Waals surface area contributed by atoms with Gasteiger partial charge in [0.05, 0.1) is 11.4 Å². The molecule has 1 aliphatic rings. The van der Waals surface area contributed by atoms with E-state index in [4.69, 9.17) is 14.2 Å². The van der Waals surface area contributed by atoms with E-state index in [2.05, 4.69) is 15.3 Å². The van der Waals surface area contributed by atoms with E-state index in [-0.39, 0.29) is 30.7 Å². The number of aliphatic hydroxyl groups is 1. The van der Waals surface area contributed by atoms with Crippen LogP contribution in [0.2, 0.25) is 0 Å². The summed E-state index contributed by atoms with van der Waals surface area (Å²) in [5.41, 5.74) is 4.87. The van der Waals surface area contributed by atoms with E-state index in [1.165, 1.54) is 6.07 Å². The van der Waals surface area contributed by atoms with Crippen molar-refractivity contribution in [2.24, 2.45) is 0 Å². The molecule has 2 aromatic heterocycles. The number of aliphatic hydroxyl groups excluding tert-OH is 1. The maximum atomic E-state index is 12.1. The number of nitrogens with one attached hydrogen (secondary N) is 1. The van der Waals surface area contributed by atoms with Crippen LogP contribution in [-0.2, 0) is 16.0 Å². The zero-order valence-electron chi connectivity index (χ0n) is 25.9. The molecule has 3 aromatic carbocycles. The maximum Gasteiger partial charge on any atom is 0.453 e. The third-order valence-corrected chi connectivity index (χ3v) is 7.89. The van der Waals surface area contributed by atoms with Crippen molar-refractivity contribution in [1.29, 1.82) is 0 Å². The van der Waals surface area contributed by atoms with Crippen LogP contribution in [0.1, 0.15) is 12.5 Å². The molecule has 2 atom stereocenters. The summed E-state index contributed by atoms with van der Waals surface area (Å²) in [4.78, 5) is 33.2. The number of benzene rings is 3. The second kappa shape index (κ2) is 13.9. The van der Waals surface area contributed by atoms with Crippen LogP contribution in [-0.4, -0.2) is 68.3 Å². The molecule has 6 rings (SSSR count). The zero-order valence-corrected chi connectivity index (χ0v) is 25.9. The molecule has 1 aliphatic heterocycles. The number of rotatable bonds is 13. The Morgan fingerprint density at radius 3 is 2.04 bits per heavy atom. The van der Waals surface area contributed by atoms with E-state index in [1.807, 2.05) is 85.8 Å². The summed E-state index contributed by atoms with van der Waals surface area (Å²) in [6, 6.07) is 29.1. The van der Waals surface area contributed by atoms with Crippen molar-refractivity contribution in [2.45, 2.75) is 31.3 Å². The van der Waals surface area contributed by atoms with Gasteiger partial charge in [-0.15, -0.1) is 0 Å². The number of ether oxygens (including phenoxy) is 3. The largest absolute Gasteiger partial charge is 0.490 e. The molecule has 4 N–H and O–H groups in total. The highest BCUT2D eigenvalue weighted by Crippen LogP contribution is 2.50. The van der Waals surface area contributed by atoms with Crippen LogP contribution in [0.3, 0.4) is 0 Å². The summed E-state index contributed by atoms with van der Waals surface area (Å²) in [7, 11) is 0. The zero-order chi connectivity index (χ0) is 33.7. The van der Waals surface area contributed by atoms with E-state index in [9.17, 15) is 24.9 Å². The lowest BCUT2D eigenvalue weighted by molar-refractivity contribution is -0.194. The van der Waals surface area contributed by atoms with Gasteiger partial charge in [-0.3, -0.25) is 9.97 Å². The number of hydrogen-bond donors (Lipinski definition) is 4. The molecule has 0 saturated carbocycles. The Kier molecular flexibility index (Phi) is 9.33. The number of aromatic nitrogens is 2. The maximum absolute atomic E-state index is 12.1. The first-order valence-corrected chi connectivity index (χ1v) is 15.3. The minimum atomic E-state index is -2.93. The van der Waals surface area contributed by atoms with Gasteiger partial charge in [0.15, 0.2) is 11.5 Å². The monoisotopic (exact) mass is 647 g/mol. The minimum absolute atomic E-state index is 0.00598. The van der Waals surface area contributed by atoms with Gasteiger partial charge in [0, 0.05) is 41.7 Å². The van der Waals surface area contributed by atoms with Crippen LogP contribution in [0.4, 0.5) is 0 Å². The second-order valence-electron chi connectivity index (χ2n) is 11.3. The number of carboxylic acids is 2. The normalized spacial score (nSPS) is 14.2. The SMILES string of the molecule is CC(Cc1ccc2c(c1-c1ccccc1-c1ccccn1)OC(C(=O)O)(C(=O)O)O2)NCC(O)COc1ccccc1-c1ccccn1. The van der Waals surface area contributed by atoms with Crippen LogP contribution < -0.4 is 19.5 Å². The van der Waals surface area contributed by atoms with Gasteiger partial charge in [-0.2, -0.15) is 0 Å². The summed E-state index contributed by atoms with van der Waals surface area (Å²) in [5, 5.41) is 33.8. The van der Waals surface area contributed by atoms with Crippen molar-refractivity contribution < 1.29 is 39.1 Å².